The Hall–Kier alpha value is -1.36. The minimum atomic E-state index is -2.60. The van der Waals surface area contributed by atoms with Crippen LogP contribution in [0.3, 0.4) is 0 Å². The van der Waals surface area contributed by atoms with Gasteiger partial charge in [-0.1, -0.05) is 62.3 Å². The molecule has 5 atom stereocenters. The predicted octanol–water partition coefficient (Wildman–Crippen LogP) is 6.02. The molecule has 0 aromatic rings. The Balaban J connectivity index is 3.24. The fourth-order valence-corrected chi connectivity index (χ4v) is 5.92. The van der Waals surface area contributed by atoms with Crippen LogP contribution in [-0.4, -0.2) is 58.2 Å². The van der Waals surface area contributed by atoms with Crippen LogP contribution in [0.25, 0.3) is 0 Å². The van der Waals surface area contributed by atoms with E-state index in [2.05, 4.69) is 0 Å². The van der Waals surface area contributed by atoms with Crippen LogP contribution in [0, 0.1) is 39.9 Å². The van der Waals surface area contributed by atoms with Gasteiger partial charge >= 0.3 is 17.9 Å². The summed E-state index contributed by atoms with van der Waals surface area (Å²) >= 11 is 0. The Labute approximate surface area is 224 Å². The lowest BCUT2D eigenvalue weighted by Crippen LogP contribution is -2.47. The van der Waals surface area contributed by atoms with E-state index in [0.29, 0.717) is 25.7 Å². The third-order valence-corrected chi connectivity index (χ3v) is 9.61. The van der Waals surface area contributed by atoms with Crippen molar-refractivity contribution in [1.82, 2.24) is 0 Å². The number of carboxylic acids is 2. The van der Waals surface area contributed by atoms with E-state index in [-0.39, 0.29) is 19.1 Å². The molecule has 1 aliphatic rings. The number of carbonyl (C=O) groups is 3. The molecule has 0 amide bonds. The first-order valence-electron chi connectivity index (χ1n) is 13.1. The topological polar surface area (TPSA) is 140 Å². The summed E-state index contributed by atoms with van der Waals surface area (Å²) in [5, 5.41) is 19.4. The minimum absolute atomic E-state index is 0.0744. The van der Waals surface area contributed by atoms with Gasteiger partial charge in [-0.05, 0) is 47.8 Å². The molecule has 10 heteroatoms. The second-order valence-electron chi connectivity index (χ2n) is 13.0. The second-order valence-corrected chi connectivity index (χ2v) is 14.9. The zero-order chi connectivity index (χ0) is 29.0. The zero-order valence-corrected chi connectivity index (χ0v) is 25.1. The predicted molar refractivity (Wildman–Crippen MR) is 144 cm³/mol. The van der Waals surface area contributed by atoms with E-state index in [1.54, 1.807) is 6.92 Å². The molecule has 0 saturated carbocycles. The molecule has 1 fully saturated rings. The highest BCUT2D eigenvalue weighted by atomic mass is 32.3. The molecule has 1 heterocycles. The van der Waals surface area contributed by atoms with E-state index < -0.39 is 68.9 Å². The number of aliphatic carboxylic acids is 2. The summed E-state index contributed by atoms with van der Waals surface area (Å²) in [4.78, 5) is 37.3. The average Bonchev–Trinajstić information content (AvgIpc) is 3.10. The SMILES string of the molecule is CC(C)CC(C(=O)O)C(C)(C)C(C)(C)CC(C(=O)OCC1COS(C)(O)O1)C(C)(C)CCC(C)C(=O)O. The molecule has 0 aromatic carbocycles. The molecule has 0 radical (unpaired) electrons. The van der Waals surface area contributed by atoms with E-state index in [0.717, 1.165) is 0 Å². The molecule has 218 valence electrons. The maximum Gasteiger partial charge on any atom is 0.309 e. The first kappa shape index (κ1) is 33.7. The highest BCUT2D eigenvalue weighted by Crippen LogP contribution is 2.53. The van der Waals surface area contributed by atoms with Gasteiger partial charge in [0.25, 0.3) is 0 Å². The van der Waals surface area contributed by atoms with Crippen LogP contribution in [0.1, 0.15) is 88.0 Å². The monoisotopic (exact) mass is 550 g/mol. The van der Waals surface area contributed by atoms with Crippen molar-refractivity contribution in [3.8, 4) is 0 Å². The number of rotatable bonds is 15. The third kappa shape index (κ3) is 9.41. The smallest absolute Gasteiger partial charge is 0.309 e. The summed E-state index contributed by atoms with van der Waals surface area (Å²) in [6.45, 7) is 17.4. The van der Waals surface area contributed by atoms with Gasteiger partial charge in [0.2, 0.25) is 0 Å². The summed E-state index contributed by atoms with van der Waals surface area (Å²) in [5.74, 6) is -3.78. The lowest BCUT2D eigenvalue weighted by Gasteiger charge is -2.49. The average molecular weight is 551 g/mol. The Morgan fingerprint density at radius 3 is 2.00 bits per heavy atom. The van der Waals surface area contributed by atoms with Crippen LogP contribution in [0.5, 0.6) is 0 Å². The van der Waals surface area contributed by atoms with Crippen molar-refractivity contribution >= 4 is 28.8 Å². The number of esters is 1. The fourth-order valence-electron chi connectivity index (χ4n) is 4.85. The first-order valence-corrected chi connectivity index (χ1v) is 14.9. The van der Waals surface area contributed by atoms with Gasteiger partial charge in [-0.25, -0.2) is 0 Å². The first-order chi connectivity index (χ1) is 16.6. The molecule has 1 aliphatic heterocycles. The van der Waals surface area contributed by atoms with E-state index in [1.807, 2.05) is 55.4 Å². The normalized spacial score (nSPS) is 25.2. The number of carbonyl (C=O) groups excluding carboxylic acids is 1. The van der Waals surface area contributed by atoms with E-state index in [1.165, 1.54) is 6.26 Å². The van der Waals surface area contributed by atoms with Crippen LogP contribution >= 0.6 is 10.9 Å². The zero-order valence-electron chi connectivity index (χ0n) is 24.3. The molecule has 1 rings (SSSR count). The maximum absolute atomic E-state index is 13.6. The molecular weight excluding hydrogens is 500 g/mol. The maximum atomic E-state index is 13.6. The van der Waals surface area contributed by atoms with Gasteiger partial charge in [0.05, 0.1) is 35.2 Å². The van der Waals surface area contributed by atoms with Crippen molar-refractivity contribution in [2.24, 2.45) is 39.9 Å². The van der Waals surface area contributed by atoms with Crippen LogP contribution in [0.15, 0.2) is 0 Å². The number of hydrogen-bond donors (Lipinski definition) is 3. The molecular formula is C27H50O9S. The molecule has 0 spiro atoms. The Morgan fingerprint density at radius 2 is 1.57 bits per heavy atom. The highest BCUT2D eigenvalue weighted by molar-refractivity contribution is 8.20. The highest BCUT2D eigenvalue weighted by Gasteiger charge is 2.50. The Kier molecular flexibility index (Phi) is 11.5. The van der Waals surface area contributed by atoms with Crippen molar-refractivity contribution in [2.45, 2.75) is 94.1 Å². The van der Waals surface area contributed by atoms with E-state index >= 15 is 0 Å². The van der Waals surface area contributed by atoms with Gasteiger partial charge in [-0.15, -0.1) is 0 Å². The Bertz CT molecular complexity index is 804. The molecule has 0 aromatic heterocycles. The third-order valence-electron chi connectivity index (χ3n) is 8.40. The quantitative estimate of drug-likeness (QED) is 0.209. The molecule has 0 bridgehead atoms. The Morgan fingerprint density at radius 1 is 1.00 bits per heavy atom. The number of carboxylic acid groups (broad SMARTS) is 2. The van der Waals surface area contributed by atoms with E-state index in [4.69, 9.17) is 13.1 Å². The summed E-state index contributed by atoms with van der Waals surface area (Å²) < 4.78 is 26.3. The van der Waals surface area contributed by atoms with Gasteiger partial charge < -0.3 is 19.5 Å². The van der Waals surface area contributed by atoms with Gasteiger partial charge in [-0.2, -0.15) is 0 Å². The van der Waals surface area contributed by atoms with Crippen LogP contribution < -0.4 is 0 Å². The second kappa shape index (κ2) is 12.7. The van der Waals surface area contributed by atoms with Crippen molar-refractivity contribution in [3.63, 3.8) is 0 Å². The lowest BCUT2D eigenvalue weighted by molar-refractivity contribution is -0.160. The van der Waals surface area contributed by atoms with Gasteiger partial charge in [0.1, 0.15) is 12.7 Å². The van der Waals surface area contributed by atoms with Crippen LogP contribution in [0.4, 0.5) is 0 Å². The summed E-state index contributed by atoms with van der Waals surface area (Å²) in [6.07, 6.45) is 2.63. The molecule has 3 N–H and O–H groups in total. The molecule has 9 nitrogen and oxygen atoms in total. The van der Waals surface area contributed by atoms with Crippen molar-refractivity contribution in [3.05, 3.63) is 0 Å². The molecule has 1 saturated heterocycles. The van der Waals surface area contributed by atoms with Crippen molar-refractivity contribution in [2.75, 3.05) is 19.5 Å². The number of ether oxygens (including phenoxy) is 1. The largest absolute Gasteiger partial charge is 0.481 e. The molecule has 37 heavy (non-hydrogen) atoms. The van der Waals surface area contributed by atoms with Crippen molar-refractivity contribution in [1.29, 1.82) is 0 Å². The summed E-state index contributed by atoms with van der Waals surface area (Å²) in [6, 6.07) is 0. The van der Waals surface area contributed by atoms with Crippen molar-refractivity contribution < 1.29 is 42.3 Å². The molecule has 0 aliphatic carbocycles. The fraction of sp³-hybridized carbons (Fsp3) is 0.889. The summed E-state index contributed by atoms with van der Waals surface area (Å²) in [5.41, 5.74) is -1.85. The van der Waals surface area contributed by atoms with Crippen LogP contribution in [0.2, 0.25) is 0 Å². The van der Waals surface area contributed by atoms with Gasteiger partial charge in [0.15, 0.2) is 0 Å². The minimum Gasteiger partial charge on any atom is -0.481 e. The number of hydrogen-bond acceptors (Lipinski definition) is 7. The lowest BCUT2D eigenvalue weighted by atomic mass is 9.55. The summed E-state index contributed by atoms with van der Waals surface area (Å²) in [7, 11) is -2.60. The standard InChI is InChI=1S/C27H50O9S/c1-17(2)13-20(23(30)31)27(8,9)26(6,7)14-21(25(4,5)12-11-18(3)22(28)29)24(32)34-15-19-16-35-37(10,33)36-19/h17-21,33H,11-16H2,1-10H3,(H,28,29)(H,30,31). The molecule has 5 unspecified atom stereocenters. The van der Waals surface area contributed by atoms with Gasteiger partial charge in [-0.3, -0.25) is 22.7 Å². The van der Waals surface area contributed by atoms with E-state index in [9.17, 15) is 29.1 Å². The van der Waals surface area contributed by atoms with Crippen LogP contribution in [-0.2, 0) is 27.5 Å². The van der Waals surface area contributed by atoms with Gasteiger partial charge in [0, 0.05) is 6.26 Å².